The Morgan fingerprint density at radius 3 is 2.61 bits per heavy atom. The van der Waals surface area contributed by atoms with Gasteiger partial charge in [-0.05, 0) is 20.3 Å². The molecule has 0 bridgehead atoms. The van der Waals surface area contributed by atoms with Gasteiger partial charge in [-0.15, -0.1) is 0 Å². The third kappa shape index (κ3) is 5.20. The maximum absolute atomic E-state index is 12.0. The number of rotatable bonds is 6. The van der Waals surface area contributed by atoms with Gasteiger partial charge in [0.15, 0.2) is 0 Å². The lowest BCUT2D eigenvalue weighted by Gasteiger charge is -2.11. The highest BCUT2D eigenvalue weighted by Crippen LogP contribution is 2.21. The molecule has 1 aromatic heterocycles. The van der Waals surface area contributed by atoms with Crippen molar-refractivity contribution in [2.75, 3.05) is 23.7 Å². The van der Waals surface area contributed by atoms with E-state index in [0.717, 1.165) is 5.56 Å². The van der Waals surface area contributed by atoms with Crippen molar-refractivity contribution in [3.05, 3.63) is 11.8 Å². The largest absolute Gasteiger partial charge is 0.389 e. The molecule has 0 aliphatic rings. The zero-order chi connectivity index (χ0) is 13.6. The zero-order valence-corrected chi connectivity index (χ0v) is 10.4. The lowest BCUT2D eigenvalue weighted by molar-refractivity contribution is -0.134. The molecule has 1 aromatic rings. The number of nitrogens with zero attached hydrogens (tertiary/aromatic N) is 2. The third-order valence-electron chi connectivity index (χ3n) is 2.24. The van der Waals surface area contributed by atoms with Crippen LogP contribution in [0.25, 0.3) is 0 Å². The highest BCUT2D eigenvalue weighted by atomic mass is 19.4. The Kier molecular flexibility index (Phi) is 5.18. The van der Waals surface area contributed by atoms with Gasteiger partial charge in [0.1, 0.15) is 5.82 Å². The van der Waals surface area contributed by atoms with Crippen molar-refractivity contribution in [3.8, 4) is 0 Å². The predicted octanol–water partition coefficient (Wildman–Crippen LogP) is 2.97. The first kappa shape index (κ1) is 14.5. The number of aromatic nitrogens is 2. The monoisotopic (exact) mass is 262 g/mol. The number of hydrogen-bond acceptors (Lipinski definition) is 4. The van der Waals surface area contributed by atoms with Crippen molar-refractivity contribution in [3.63, 3.8) is 0 Å². The average molecular weight is 262 g/mol. The van der Waals surface area contributed by atoms with Crippen molar-refractivity contribution in [2.45, 2.75) is 32.9 Å². The molecule has 102 valence electrons. The van der Waals surface area contributed by atoms with Gasteiger partial charge in [-0.25, -0.2) is 4.98 Å². The molecule has 0 saturated heterocycles. The van der Waals surface area contributed by atoms with E-state index >= 15 is 0 Å². The van der Waals surface area contributed by atoms with Crippen LogP contribution in [-0.2, 0) is 0 Å². The Hall–Kier alpha value is -1.53. The summed E-state index contributed by atoms with van der Waals surface area (Å²) >= 11 is 0. The minimum Gasteiger partial charge on any atom is -0.370 e. The number of anilines is 2. The first-order valence-corrected chi connectivity index (χ1v) is 5.80. The molecule has 0 unspecified atom stereocenters. The van der Waals surface area contributed by atoms with Gasteiger partial charge in [0.05, 0.1) is 0 Å². The van der Waals surface area contributed by atoms with Crippen LogP contribution < -0.4 is 10.6 Å². The van der Waals surface area contributed by atoms with E-state index in [1.807, 2.05) is 13.8 Å². The molecule has 0 amide bonds. The number of aryl methyl sites for hydroxylation is 1. The Morgan fingerprint density at radius 2 is 2.00 bits per heavy atom. The third-order valence-corrected chi connectivity index (χ3v) is 2.24. The zero-order valence-electron chi connectivity index (χ0n) is 10.4. The summed E-state index contributed by atoms with van der Waals surface area (Å²) in [4.78, 5) is 8.24. The Bertz CT molecular complexity index is 379. The number of nitrogens with one attached hydrogen (secondary N) is 2. The van der Waals surface area contributed by atoms with Crippen molar-refractivity contribution < 1.29 is 13.2 Å². The van der Waals surface area contributed by atoms with E-state index < -0.39 is 12.6 Å². The van der Waals surface area contributed by atoms with Crippen LogP contribution in [0.2, 0.25) is 0 Å². The molecular weight excluding hydrogens is 245 g/mol. The summed E-state index contributed by atoms with van der Waals surface area (Å²) in [7, 11) is 0. The molecular formula is C11H17F3N4. The van der Waals surface area contributed by atoms with Gasteiger partial charge >= 0.3 is 6.18 Å². The fourth-order valence-electron chi connectivity index (χ4n) is 1.36. The summed E-state index contributed by atoms with van der Waals surface area (Å²) in [6.07, 6.45) is -3.22. The maximum Gasteiger partial charge on any atom is 0.389 e. The van der Waals surface area contributed by atoms with E-state index in [1.54, 1.807) is 6.20 Å². The van der Waals surface area contributed by atoms with Crippen LogP contribution in [0.1, 0.15) is 25.3 Å². The second kappa shape index (κ2) is 6.42. The van der Waals surface area contributed by atoms with Gasteiger partial charge < -0.3 is 10.6 Å². The van der Waals surface area contributed by atoms with E-state index in [2.05, 4.69) is 20.6 Å². The molecule has 1 heterocycles. The Labute approximate surface area is 104 Å². The number of halogens is 3. The fourth-order valence-corrected chi connectivity index (χ4v) is 1.36. The normalized spacial score (nSPS) is 11.4. The lowest BCUT2D eigenvalue weighted by atomic mass is 10.3. The van der Waals surface area contributed by atoms with Crippen LogP contribution in [0.5, 0.6) is 0 Å². The number of alkyl halides is 3. The van der Waals surface area contributed by atoms with Gasteiger partial charge in [0.25, 0.3) is 0 Å². The first-order valence-electron chi connectivity index (χ1n) is 5.80. The highest BCUT2D eigenvalue weighted by molar-refractivity contribution is 5.46. The Balaban J connectivity index is 2.48. The molecule has 0 fully saturated rings. The van der Waals surface area contributed by atoms with Gasteiger partial charge in [0, 0.05) is 31.3 Å². The van der Waals surface area contributed by atoms with Crippen molar-refractivity contribution >= 4 is 11.8 Å². The highest BCUT2D eigenvalue weighted by Gasteiger charge is 2.25. The minimum atomic E-state index is -4.10. The molecule has 7 heteroatoms. The van der Waals surface area contributed by atoms with Crippen LogP contribution in [0.15, 0.2) is 6.20 Å². The van der Waals surface area contributed by atoms with Gasteiger partial charge in [-0.1, -0.05) is 0 Å². The molecule has 0 spiro atoms. The van der Waals surface area contributed by atoms with Crippen LogP contribution in [-0.4, -0.2) is 29.2 Å². The molecule has 0 radical (unpaired) electrons. The molecule has 0 aliphatic heterocycles. The van der Waals surface area contributed by atoms with Crippen LogP contribution >= 0.6 is 0 Å². The fraction of sp³-hybridized carbons (Fsp3) is 0.636. The second-order valence-electron chi connectivity index (χ2n) is 3.90. The summed E-state index contributed by atoms with van der Waals surface area (Å²) in [5.74, 6) is 1.05. The summed E-state index contributed by atoms with van der Waals surface area (Å²) in [5, 5.41) is 5.84. The molecule has 0 aromatic carbocycles. The minimum absolute atomic E-state index is 0.0312. The van der Waals surface area contributed by atoms with Crippen LogP contribution in [0, 0.1) is 6.92 Å². The van der Waals surface area contributed by atoms with E-state index in [-0.39, 0.29) is 13.0 Å². The molecule has 18 heavy (non-hydrogen) atoms. The molecule has 4 nitrogen and oxygen atoms in total. The van der Waals surface area contributed by atoms with Crippen LogP contribution in [0.3, 0.4) is 0 Å². The van der Waals surface area contributed by atoms with Gasteiger partial charge in [0.2, 0.25) is 5.95 Å². The first-order chi connectivity index (χ1) is 8.42. The van der Waals surface area contributed by atoms with Crippen molar-refractivity contribution in [1.29, 1.82) is 0 Å². The molecule has 0 atom stereocenters. The lowest BCUT2D eigenvalue weighted by Crippen LogP contribution is -2.13. The van der Waals surface area contributed by atoms with Gasteiger partial charge in [-0.3, -0.25) is 0 Å². The smallest absolute Gasteiger partial charge is 0.370 e. The van der Waals surface area contributed by atoms with Gasteiger partial charge in [-0.2, -0.15) is 18.2 Å². The van der Waals surface area contributed by atoms with E-state index in [4.69, 9.17) is 0 Å². The van der Waals surface area contributed by atoms with E-state index in [0.29, 0.717) is 18.3 Å². The van der Waals surface area contributed by atoms with Crippen molar-refractivity contribution in [1.82, 2.24) is 9.97 Å². The summed E-state index contributed by atoms with van der Waals surface area (Å²) < 4.78 is 35.9. The standard InChI is InChI=1S/C11H17F3N4/c1-3-15-10-17-7-8(2)9(18-10)16-6-4-5-11(12,13)14/h7H,3-6H2,1-2H3,(H2,15,16,17,18). The molecule has 0 aliphatic carbocycles. The average Bonchev–Trinajstić information content (AvgIpc) is 2.27. The quantitative estimate of drug-likeness (QED) is 0.774. The maximum atomic E-state index is 12.0. The van der Waals surface area contributed by atoms with Crippen LogP contribution in [0.4, 0.5) is 24.9 Å². The second-order valence-corrected chi connectivity index (χ2v) is 3.90. The SMILES string of the molecule is CCNc1ncc(C)c(NCCCC(F)(F)F)n1. The Morgan fingerprint density at radius 1 is 1.28 bits per heavy atom. The topological polar surface area (TPSA) is 49.8 Å². The predicted molar refractivity (Wildman–Crippen MR) is 64.7 cm³/mol. The van der Waals surface area contributed by atoms with E-state index in [9.17, 15) is 13.2 Å². The summed E-state index contributed by atoms with van der Waals surface area (Å²) in [5.41, 5.74) is 0.809. The number of hydrogen-bond donors (Lipinski definition) is 2. The van der Waals surface area contributed by atoms with E-state index in [1.165, 1.54) is 0 Å². The molecule has 2 N–H and O–H groups in total. The van der Waals surface area contributed by atoms with Crippen molar-refractivity contribution in [2.24, 2.45) is 0 Å². The summed E-state index contributed by atoms with van der Waals surface area (Å²) in [6.45, 7) is 4.65. The molecule has 1 rings (SSSR count). The molecule has 0 saturated carbocycles. The summed E-state index contributed by atoms with van der Waals surface area (Å²) in [6, 6.07) is 0.